The van der Waals surface area contributed by atoms with Crippen LogP contribution in [0.3, 0.4) is 0 Å². The maximum atomic E-state index is 15.1. The monoisotopic (exact) mass is 607 g/mol. The quantitative estimate of drug-likeness (QED) is 0.165. The predicted molar refractivity (Wildman–Crippen MR) is 147 cm³/mol. The summed E-state index contributed by atoms with van der Waals surface area (Å²) in [5, 5.41) is 3.76. The summed E-state index contributed by atoms with van der Waals surface area (Å²) in [6.07, 6.45) is 1.38. The maximum absolute atomic E-state index is 15.1. The zero-order chi connectivity index (χ0) is 30.7. The number of rotatable bonds is 9. The van der Waals surface area contributed by atoms with E-state index in [0.29, 0.717) is 32.5 Å². The highest BCUT2D eigenvalue weighted by Gasteiger charge is 2.67. The maximum Gasteiger partial charge on any atom is 0.293 e. The Hall–Kier alpha value is -4.61. The van der Waals surface area contributed by atoms with Gasteiger partial charge in [0.1, 0.15) is 29.6 Å². The fourth-order valence-electron chi connectivity index (χ4n) is 6.48. The van der Waals surface area contributed by atoms with Crippen molar-refractivity contribution in [1.29, 1.82) is 0 Å². The molecule has 0 N–H and O–H groups in total. The summed E-state index contributed by atoms with van der Waals surface area (Å²) in [7, 11) is 0. The molecule has 0 aliphatic heterocycles. The number of carbonyl (C=O) groups excluding carboxylic acids is 1. The first-order valence-electron chi connectivity index (χ1n) is 14.0. The van der Waals surface area contributed by atoms with E-state index in [0.717, 1.165) is 18.2 Å². The van der Waals surface area contributed by atoms with Crippen molar-refractivity contribution >= 4 is 16.8 Å². The Morgan fingerprint density at radius 1 is 0.932 bits per heavy atom. The molecule has 3 atom stereocenters. The van der Waals surface area contributed by atoms with E-state index in [-0.39, 0.29) is 30.4 Å². The number of Topliss-reactive ketones (excluding diaryl/α,β-unsaturated/α-hetero) is 1. The SMILES string of the molecule is O=C(C[C@@H](Cc1cc(F)cc(F)c1)c1ncccc1-c1ccc2nccnc2c1)Cn1nc(C(F)F)c2c1C(F)(F)C1CC21. The van der Waals surface area contributed by atoms with E-state index in [1.54, 1.807) is 36.7 Å². The lowest BCUT2D eigenvalue weighted by atomic mass is 9.86. The second kappa shape index (κ2) is 10.5. The third-order valence-corrected chi connectivity index (χ3v) is 8.38. The molecule has 1 fully saturated rings. The average molecular weight is 608 g/mol. The van der Waals surface area contributed by atoms with Crippen LogP contribution in [-0.4, -0.2) is 30.5 Å². The van der Waals surface area contributed by atoms with Gasteiger partial charge in [0.2, 0.25) is 0 Å². The molecule has 0 saturated heterocycles. The highest BCUT2D eigenvalue weighted by Crippen LogP contribution is 2.68. The molecular weight excluding hydrogens is 584 g/mol. The van der Waals surface area contributed by atoms with Crippen molar-refractivity contribution in [3.8, 4) is 11.1 Å². The van der Waals surface area contributed by atoms with Gasteiger partial charge in [0.25, 0.3) is 12.3 Å². The smallest absolute Gasteiger partial charge is 0.293 e. The van der Waals surface area contributed by atoms with Gasteiger partial charge in [-0.05, 0) is 60.2 Å². The predicted octanol–water partition coefficient (Wildman–Crippen LogP) is 7.30. The van der Waals surface area contributed by atoms with Gasteiger partial charge in [-0.15, -0.1) is 0 Å². The number of hydrogen-bond donors (Lipinski definition) is 0. The largest absolute Gasteiger partial charge is 0.298 e. The number of hydrogen-bond acceptors (Lipinski definition) is 5. The van der Waals surface area contributed by atoms with Crippen LogP contribution in [-0.2, 0) is 23.7 Å². The van der Waals surface area contributed by atoms with Crippen LogP contribution in [0.2, 0.25) is 0 Å². The van der Waals surface area contributed by atoms with Gasteiger partial charge in [-0.1, -0.05) is 12.1 Å². The van der Waals surface area contributed by atoms with Crippen LogP contribution in [0.25, 0.3) is 22.2 Å². The Labute approximate surface area is 246 Å². The molecule has 0 amide bonds. The van der Waals surface area contributed by atoms with Gasteiger partial charge in [-0.25, -0.2) is 17.6 Å². The molecule has 1 saturated carbocycles. The van der Waals surface area contributed by atoms with E-state index in [9.17, 15) is 22.4 Å². The Balaban J connectivity index is 1.25. The van der Waals surface area contributed by atoms with Crippen molar-refractivity contribution in [2.75, 3.05) is 0 Å². The van der Waals surface area contributed by atoms with Crippen LogP contribution in [0.1, 0.15) is 59.3 Å². The minimum atomic E-state index is -3.37. The van der Waals surface area contributed by atoms with Crippen LogP contribution in [0.5, 0.6) is 0 Å². The van der Waals surface area contributed by atoms with Crippen molar-refractivity contribution in [2.24, 2.45) is 5.92 Å². The van der Waals surface area contributed by atoms with E-state index in [1.807, 2.05) is 6.07 Å². The number of fused-ring (bicyclic) bond motifs is 4. The van der Waals surface area contributed by atoms with Crippen LogP contribution < -0.4 is 0 Å². The van der Waals surface area contributed by atoms with Crippen molar-refractivity contribution in [3.63, 3.8) is 0 Å². The first-order valence-corrected chi connectivity index (χ1v) is 14.0. The molecule has 2 aliphatic carbocycles. The van der Waals surface area contributed by atoms with Gasteiger partial charge < -0.3 is 0 Å². The Kier molecular flexibility index (Phi) is 6.74. The number of pyridine rings is 1. The molecule has 12 heteroatoms. The molecule has 0 radical (unpaired) electrons. The summed E-state index contributed by atoms with van der Waals surface area (Å²) >= 11 is 0. The van der Waals surface area contributed by atoms with Crippen LogP contribution in [0, 0.1) is 17.6 Å². The van der Waals surface area contributed by atoms with E-state index in [2.05, 4.69) is 20.1 Å². The average Bonchev–Trinajstić information content (AvgIpc) is 3.64. The van der Waals surface area contributed by atoms with Gasteiger partial charge in [0.15, 0.2) is 5.78 Å². The van der Waals surface area contributed by atoms with E-state index in [1.165, 1.54) is 6.20 Å². The molecule has 3 heterocycles. The van der Waals surface area contributed by atoms with Crippen molar-refractivity contribution in [2.45, 2.75) is 50.0 Å². The van der Waals surface area contributed by atoms with Gasteiger partial charge in [0.05, 0.1) is 16.7 Å². The molecule has 5 aromatic rings. The zero-order valence-electron chi connectivity index (χ0n) is 22.9. The highest BCUT2D eigenvalue weighted by molar-refractivity contribution is 5.83. The lowest BCUT2D eigenvalue weighted by molar-refractivity contribution is -0.120. The Morgan fingerprint density at radius 2 is 1.68 bits per heavy atom. The minimum Gasteiger partial charge on any atom is -0.298 e. The summed E-state index contributed by atoms with van der Waals surface area (Å²) < 4.78 is 86.7. The fourth-order valence-corrected chi connectivity index (χ4v) is 6.48. The third kappa shape index (κ3) is 4.91. The molecule has 44 heavy (non-hydrogen) atoms. The molecule has 0 spiro atoms. The van der Waals surface area contributed by atoms with Crippen molar-refractivity contribution in [3.05, 3.63) is 107 Å². The molecular formula is C32H23F6N5O. The fraction of sp³-hybridized carbons (Fsp3) is 0.281. The minimum absolute atomic E-state index is 0.0162. The summed E-state index contributed by atoms with van der Waals surface area (Å²) in [4.78, 5) is 26.7. The summed E-state index contributed by atoms with van der Waals surface area (Å²) in [6.45, 7) is -0.661. The second-order valence-corrected chi connectivity index (χ2v) is 11.3. The molecule has 2 aliphatic rings. The van der Waals surface area contributed by atoms with E-state index in [4.69, 9.17) is 0 Å². The summed E-state index contributed by atoms with van der Waals surface area (Å²) in [5.41, 5.74) is 1.80. The van der Waals surface area contributed by atoms with Crippen LogP contribution in [0.4, 0.5) is 26.3 Å². The third-order valence-electron chi connectivity index (χ3n) is 8.38. The van der Waals surface area contributed by atoms with Gasteiger partial charge in [0, 0.05) is 54.0 Å². The molecule has 2 aromatic carbocycles. The Morgan fingerprint density at radius 3 is 2.43 bits per heavy atom. The first-order chi connectivity index (χ1) is 21.1. The van der Waals surface area contributed by atoms with Crippen LogP contribution in [0.15, 0.2) is 67.1 Å². The first kappa shape index (κ1) is 28.2. The standard InChI is InChI=1S/C32H23F6N5O/c33-19-9-16(10-20(34)13-19)8-18(28-22(2-1-5-41-28)17-3-4-25-26(12-17)40-7-6-39-25)11-21(44)15-43-30-27(29(42-43)31(35)36)23-14-24(23)32(30,37)38/h1-7,9-10,12-13,18,23-24,31H,8,11,14-15H2/t18-,23?,24?/m1/s1. The molecule has 3 aromatic heterocycles. The van der Waals surface area contributed by atoms with Gasteiger partial charge >= 0.3 is 0 Å². The Bertz CT molecular complexity index is 1900. The number of aromatic nitrogens is 5. The molecule has 7 rings (SSSR count). The molecule has 0 bridgehead atoms. The molecule has 6 nitrogen and oxygen atoms in total. The van der Waals surface area contributed by atoms with Gasteiger partial charge in [-0.3, -0.25) is 24.4 Å². The number of halogens is 6. The number of carbonyl (C=O) groups is 1. The normalized spacial score (nSPS) is 18.8. The van der Waals surface area contributed by atoms with E-state index < -0.39 is 65.5 Å². The van der Waals surface area contributed by atoms with Gasteiger partial charge in [-0.2, -0.15) is 13.9 Å². The highest BCUT2D eigenvalue weighted by atomic mass is 19.3. The van der Waals surface area contributed by atoms with Crippen molar-refractivity contribution in [1.82, 2.24) is 24.7 Å². The summed E-state index contributed by atoms with van der Waals surface area (Å²) in [5.74, 6) is -8.05. The lowest BCUT2D eigenvalue weighted by Crippen LogP contribution is -2.24. The number of alkyl halides is 4. The van der Waals surface area contributed by atoms with E-state index >= 15 is 8.78 Å². The summed E-state index contributed by atoms with van der Waals surface area (Å²) in [6, 6.07) is 11.9. The number of ketones is 1. The van der Waals surface area contributed by atoms with Crippen molar-refractivity contribution < 1.29 is 31.1 Å². The lowest BCUT2D eigenvalue weighted by Gasteiger charge is -2.21. The zero-order valence-corrected chi connectivity index (χ0v) is 22.9. The second-order valence-electron chi connectivity index (χ2n) is 11.3. The number of nitrogens with zero attached hydrogens (tertiary/aromatic N) is 5. The molecule has 2 unspecified atom stereocenters. The number of benzene rings is 2. The van der Waals surface area contributed by atoms with Crippen LogP contribution >= 0.6 is 0 Å². The molecule has 224 valence electrons. The topological polar surface area (TPSA) is 73.6 Å².